The van der Waals surface area contributed by atoms with Crippen LogP contribution in [0.15, 0.2) is 46.9 Å². The van der Waals surface area contributed by atoms with Crippen LogP contribution in [0.25, 0.3) is 0 Å². The lowest BCUT2D eigenvalue weighted by Crippen LogP contribution is -2.37. The quantitative estimate of drug-likeness (QED) is 0.736. The van der Waals surface area contributed by atoms with E-state index < -0.39 is 41.1 Å². The number of aliphatic carboxylic acids is 1. The lowest BCUT2D eigenvalue weighted by Gasteiger charge is -2.21. The third kappa shape index (κ3) is 4.00. The molecule has 27 heavy (non-hydrogen) atoms. The van der Waals surface area contributed by atoms with Crippen LogP contribution in [0.2, 0.25) is 0 Å². The van der Waals surface area contributed by atoms with Crippen molar-refractivity contribution in [1.82, 2.24) is 5.32 Å². The van der Waals surface area contributed by atoms with Crippen LogP contribution >= 0.6 is 15.9 Å². The first-order valence-electron chi connectivity index (χ1n) is 8.16. The largest absolute Gasteiger partial charge is 0.479 e. The molecule has 8 heteroatoms. The van der Waals surface area contributed by atoms with E-state index in [1.54, 1.807) is 12.1 Å². The molecule has 1 amide bonds. The predicted molar refractivity (Wildman–Crippen MR) is 95.2 cm³/mol. The van der Waals surface area contributed by atoms with Crippen molar-refractivity contribution in [3.05, 3.63) is 69.2 Å². The number of carbonyl (C=O) groups excluding carboxylic acids is 1. The number of rotatable bonds is 4. The first kappa shape index (κ1) is 19.4. The van der Waals surface area contributed by atoms with E-state index in [1.165, 1.54) is 12.1 Å². The molecule has 0 fully saturated rings. The van der Waals surface area contributed by atoms with Gasteiger partial charge in [0.25, 0.3) is 0 Å². The molecule has 4 nitrogen and oxygen atoms in total. The highest BCUT2D eigenvalue weighted by Gasteiger charge is 2.38. The Morgan fingerprint density at radius 2 is 1.89 bits per heavy atom. The maximum atomic E-state index is 13.2. The number of benzene rings is 2. The summed E-state index contributed by atoms with van der Waals surface area (Å²) in [7, 11) is 0. The summed E-state index contributed by atoms with van der Waals surface area (Å²) in [6.07, 6.45) is -3.60. The molecule has 0 saturated carbocycles. The van der Waals surface area contributed by atoms with E-state index in [1.807, 2.05) is 6.07 Å². The molecule has 0 aromatic heterocycles. The van der Waals surface area contributed by atoms with Gasteiger partial charge in [-0.3, -0.25) is 4.79 Å². The maximum Gasteiger partial charge on any atom is 0.416 e. The highest BCUT2D eigenvalue weighted by atomic mass is 79.9. The van der Waals surface area contributed by atoms with Gasteiger partial charge in [-0.1, -0.05) is 40.2 Å². The van der Waals surface area contributed by atoms with Gasteiger partial charge < -0.3 is 10.4 Å². The van der Waals surface area contributed by atoms with Crippen LogP contribution in [0.5, 0.6) is 0 Å². The van der Waals surface area contributed by atoms with Crippen molar-refractivity contribution in [1.29, 1.82) is 0 Å². The summed E-state index contributed by atoms with van der Waals surface area (Å²) in [5.74, 6) is -2.73. The predicted octanol–water partition coefficient (Wildman–Crippen LogP) is 4.44. The van der Waals surface area contributed by atoms with Crippen molar-refractivity contribution in [2.45, 2.75) is 31.0 Å². The molecule has 3 rings (SSSR count). The van der Waals surface area contributed by atoms with Crippen LogP contribution in [0.4, 0.5) is 13.2 Å². The third-order valence-electron chi connectivity index (χ3n) is 4.61. The van der Waals surface area contributed by atoms with Crippen molar-refractivity contribution in [2.24, 2.45) is 0 Å². The molecule has 2 aromatic rings. The maximum absolute atomic E-state index is 13.2. The zero-order valence-electron chi connectivity index (χ0n) is 13.9. The molecule has 0 radical (unpaired) electrons. The van der Waals surface area contributed by atoms with Crippen LogP contribution in [-0.4, -0.2) is 17.0 Å². The Hall–Kier alpha value is -2.35. The Balaban J connectivity index is 1.90. The molecule has 2 atom stereocenters. The van der Waals surface area contributed by atoms with Gasteiger partial charge in [-0.05, 0) is 47.7 Å². The second-order valence-electron chi connectivity index (χ2n) is 6.30. The molecule has 2 N–H and O–H groups in total. The van der Waals surface area contributed by atoms with Crippen molar-refractivity contribution in [2.75, 3.05) is 0 Å². The van der Waals surface area contributed by atoms with Gasteiger partial charge in [-0.25, -0.2) is 4.79 Å². The van der Waals surface area contributed by atoms with E-state index in [0.717, 1.165) is 27.7 Å². The normalized spacial score (nSPS) is 17.3. The number of fused-ring (bicyclic) bond motifs is 1. The smallest absolute Gasteiger partial charge is 0.416 e. The average Bonchev–Trinajstić information content (AvgIpc) is 3.01. The van der Waals surface area contributed by atoms with Gasteiger partial charge in [0.2, 0.25) is 5.91 Å². The zero-order valence-corrected chi connectivity index (χ0v) is 15.5. The van der Waals surface area contributed by atoms with E-state index in [4.69, 9.17) is 0 Å². The Morgan fingerprint density at radius 1 is 1.19 bits per heavy atom. The topological polar surface area (TPSA) is 66.4 Å². The van der Waals surface area contributed by atoms with Gasteiger partial charge in [-0.15, -0.1) is 0 Å². The second kappa shape index (κ2) is 7.34. The average molecular weight is 442 g/mol. The van der Waals surface area contributed by atoms with Gasteiger partial charge in [0.05, 0.1) is 11.5 Å². The molecule has 0 bridgehead atoms. The summed E-state index contributed by atoms with van der Waals surface area (Å²) >= 11 is 3.35. The zero-order chi connectivity index (χ0) is 19.8. The Kier molecular flexibility index (Phi) is 5.28. The number of carboxylic acid groups (broad SMARTS) is 1. The minimum atomic E-state index is -4.72. The lowest BCUT2D eigenvalue weighted by molar-refractivity contribution is -0.144. The lowest BCUT2D eigenvalue weighted by atomic mass is 9.97. The molecule has 0 saturated heterocycles. The molecule has 142 valence electrons. The van der Waals surface area contributed by atoms with E-state index in [-0.39, 0.29) is 0 Å². The minimum Gasteiger partial charge on any atom is -0.479 e. The summed E-state index contributed by atoms with van der Waals surface area (Å²) in [4.78, 5) is 24.3. The molecule has 1 aliphatic rings. The number of hydrogen-bond acceptors (Lipinski definition) is 2. The van der Waals surface area contributed by atoms with Crippen molar-refractivity contribution in [3.63, 3.8) is 0 Å². The molecule has 0 aliphatic heterocycles. The van der Waals surface area contributed by atoms with E-state index in [9.17, 15) is 27.9 Å². The Morgan fingerprint density at radius 3 is 2.56 bits per heavy atom. The monoisotopic (exact) mass is 441 g/mol. The van der Waals surface area contributed by atoms with Crippen molar-refractivity contribution in [3.8, 4) is 0 Å². The van der Waals surface area contributed by atoms with Gasteiger partial charge in [0, 0.05) is 4.47 Å². The van der Waals surface area contributed by atoms with Crippen LogP contribution in [0.1, 0.15) is 40.6 Å². The highest BCUT2D eigenvalue weighted by molar-refractivity contribution is 9.10. The number of halogens is 4. The first-order chi connectivity index (χ1) is 12.7. The van der Waals surface area contributed by atoms with E-state index >= 15 is 0 Å². The fourth-order valence-electron chi connectivity index (χ4n) is 3.38. The molecule has 0 spiro atoms. The van der Waals surface area contributed by atoms with Crippen LogP contribution in [0.3, 0.4) is 0 Å². The van der Waals surface area contributed by atoms with Crippen LogP contribution in [0, 0.1) is 0 Å². The van der Waals surface area contributed by atoms with Crippen LogP contribution < -0.4 is 5.32 Å². The van der Waals surface area contributed by atoms with Gasteiger partial charge in [-0.2, -0.15) is 13.2 Å². The van der Waals surface area contributed by atoms with E-state index in [2.05, 4.69) is 21.2 Å². The fraction of sp³-hybridized carbons (Fsp3) is 0.263. The number of hydrogen-bond donors (Lipinski definition) is 2. The van der Waals surface area contributed by atoms with Gasteiger partial charge in [0.1, 0.15) is 0 Å². The minimum absolute atomic E-state index is 0.477. The molecule has 2 aromatic carbocycles. The third-order valence-corrected chi connectivity index (χ3v) is 5.10. The molecular formula is C19H15BrF3NO3. The van der Waals surface area contributed by atoms with Crippen molar-refractivity contribution >= 4 is 27.8 Å². The number of carboxylic acids is 1. The fourth-order valence-corrected chi connectivity index (χ4v) is 3.79. The SMILES string of the molecule is O=C(NC(C(=O)O)c1ccccc1C(F)(F)F)C1CCc2cc(Br)ccc21. The Bertz CT molecular complexity index is 898. The van der Waals surface area contributed by atoms with Crippen LogP contribution in [-0.2, 0) is 22.2 Å². The summed E-state index contributed by atoms with van der Waals surface area (Å²) in [5, 5.41) is 11.7. The number of aryl methyl sites for hydroxylation is 1. The number of carbonyl (C=O) groups is 2. The van der Waals surface area contributed by atoms with Gasteiger partial charge in [0.15, 0.2) is 6.04 Å². The van der Waals surface area contributed by atoms with E-state index in [0.29, 0.717) is 12.8 Å². The second-order valence-corrected chi connectivity index (χ2v) is 7.21. The summed E-state index contributed by atoms with van der Waals surface area (Å²) in [6.45, 7) is 0. The number of alkyl halides is 3. The number of nitrogens with one attached hydrogen (secondary N) is 1. The Labute approximate surface area is 161 Å². The molecule has 1 aliphatic carbocycles. The summed E-state index contributed by atoms with van der Waals surface area (Å²) in [6, 6.07) is 8.02. The summed E-state index contributed by atoms with van der Waals surface area (Å²) < 4.78 is 40.6. The molecule has 0 heterocycles. The first-order valence-corrected chi connectivity index (χ1v) is 8.95. The van der Waals surface area contributed by atoms with Gasteiger partial charge >= 0.3 is 12.1 Å². The molecule has 2 unspecified atom stereocenters. The number of amides is 1. The molecular weight excluding hydrogens is 427 g/mol. The summed E-state index contributed by atoms with van der Waals surface area (Å²) in [5.41, 5.74) is 0.171. The van der Waals surface area contributed by atoms with Crippen molar-refractivity contribution < 1.29 is 27.9 Å². The highest BCUT2D eigenvalue weighted by Crippen LogP contribution is 2.37. The standard InChI is InChI=1S/C19H15BrF3NO3/c20-11-6-8-12-10(9-11)5-7-13(12)17(25)24-16(18(26)27)14-3-1-2-4-15(14)19(21,22)23/h1-4,6,8-9,13,16H,5,7H2,(H,24,25)(H,26,27).